The third-order valence-corrected chi connectivity index (χ3v) is 6.33. The number of hydrogen-bond acceptors (Lipinski definition) is 2. The van der Waals surface area contributed by atoms with Crippen LogP contribution >= 0.6 is 11.8 Å². The zero-order chi connectivity index (χ0) is 14.2. The summed E-state index contributed by atoms with van der Waals surface area (Å²) in [5.74, 6) is 1.30. The van der Waals surface area contributed by atoms with E-state index in [0.29, 0.717) is 0 Å². The summed E-state index contributed by atoms with van der Waals surface area (Å²) >= 11 is 2.11. The van der Waals surface area contributed by atoms with Gasteiger partial charge in [0.25, 0.3) is 0 Å². The molecule has 1 saturated heterocycles. The molecule has 0 saturated carbocycles. The number of nitrogens with zero attached hydrogens (tertiary/aromatic N) is 1. The lowest BCUT2D eigenvalue weighted by Gasteiger charge is -2.27. The second kappa shape index (κ2) is 5.66. The fourth-order valence-corrected chi connectivity index (χ4v) is 5.10. The summed E-state index contributed by atoms with van der Waals surface area (Å²) in [6.07, 6.45) is 6.26. The molecule has 2 heterocycles. The van der Waals surface area contributed by atoms with Gasteiger partial charge in [-0.25, -0.2) is 0 Å². The second-order valence-electron chi connectivity index (χ2n) is 6.44. The van der Waals surface area contributed by atoms with Gasteiger partial charge < -0.3 is 4.90 Å². The first kappa shape index (κ1) is 13.7. The highest BCUT2D eigenvalue weighted by Crippen LogP contribution is 2.47. The van der Waals surface area contributed by atoms with Gasteiger partial charge in [-0.1, -0.05) is 29.8 Å². The quantitative estimate of drug-likeness (QED) is 0.693. The minimum atomic E-state index is 1.22. The first-order chi connectivity index (χ1) is 10.3. The van der Waals surface area contributed by atoms with Crippen LogP contribution in [0, 0.1) is 0 Å². The summed E-state index contributed by atoms with van der Waals surface area (Å²) < 4.78 is 0. The molecule has 0 spiro atoms. The number of likely N-dealkylation sites (tertiary alicyclic amines) is 1. The van der Waals surface area contributed by atoms with Crippen molar-refractivity contribution in [3.05, 3.63) is 51.4 Å². The van der Waals surface area contributed by atoms with Gasteiger partial charge in [-0.3, -0.25) is 0 Å². The smallest absolute Gasteiger partial charge is 0.00179 e. The van der Waals surface area contributed by atoms with Crippen molar-refractivity contribution in [3.63, 3.8) is 0 Å². The molecule has 0 N–H and O–H groups in total. The molecule has 1 aliphatic carbocycles. The number of thioether (sulfide) groups is 1. The first-order valence-corrected chi connectivity index (χ1v) is 9.15. The van der Waals surface area contributed by atoms with E-state index in [1.165, 1.54) is 50.9 Å². The van der Waals surface area contributed by atoms with Crippen molar-refractivity contribution < 1.29 is 0 Å². The average Bonchev–Trinajstić information content (AvgIpc) is 2.91. The van der Waals surface area contributed by atoms with Gasteiger partial charge in [-0.15, -0.1) is 11.8 Å². The van der Waals surface area contributed by atoms with Crippen LogP contribution in [-0.4, -0.2) is 30.8 Å². The lowest BCUT2D eigenvalue weighted by Crippen LogP contribution is -2.27. The first-order valence-electron chi connectivity index (χ1n) is 8.17. The largest absolute Gasteiger partial charge is 0.306 e. The van der Waals surface area contributed by atoms with E-state index in [9.17, 15) is 0 Å². The Morgan fingerprint density at radius 3 is 2.62 bits per heavy atom. The molecule has 1 aromatic rings. The standard InChI is InChI=1S/C19H23NS/c1-20-11-8-15(9-12-20)19-16-5-3-2-4-14(16)6-7-18-17(19)10-13-21-18/h2-5H,6-13H2,1H3. The molecular formula is C19H23NS. The third-order valence-electron chi connectivity index (χ3n) is 5.12. The van der Waals surface area contributed by atoms with Crippen molar-refractivity contribution in [1.82, 2.24) is 4.90 Å². The SMILES string of the molecule is CN1CCC(=C2C3=C(CCc4ccccc42)SCC3)CC1. The van der Waals surface area contributed by atoms with Crippen molar-refractivity contribution in [3.8, 4) is 0 Å². The summed E-state index contributed by atoms with van der Waals surface area (Å²) in [4.78, 5) is 4.15. The van der Waals surface area contributed by atoms with Crippen LogP contribution in [0.3, 0.4) is 0 Å². The molecule has 0 bridgehead atoms. The Balaban J connectivity index is 1.87. The van der Waals surface area contributed by atoms with Crippen molar-refractivity contribution in [2.75, 3.05) is 25.9 Å². The van der Waals surface area contributed by atoms with Crippen LogP contribution in [0.4, 0.5) is 0 Å². The predicted molar refractivity (Wildman–Crippen MR) is 92.5 cm³/mol. The number of benzene rings is 1. The Morgan fingerprint density at radius 2 is 1.76 bits per heavy atom. The van der Waals surface area contributed by atoms with Gasteiger partial charge in [-0.2, -0.15) is 0 Å². The van der Waals surface area contributed by atoms with Gasteiger partial charge in [0.2, 0.25) is 0 Å². The molecule has 1 fully saturated rings. The zero-order valence-electron chi connectivity index (χ0n) is 12.8. The van der Waals surface area contributed by atoms with Gasteiger partial charge in [-0.05, 0) is 66.3 Å². The summed E-state index contributed by atoms with van der Waals surface area (Å²) in [5, 5.41) is 0. The van der Waals surface area contributed by atoms with E-state index >= 15 is 0 Å². The van der Waals surface area contributed by atoms with Crippen LogP contribution in [0.25, 0.3) is 5.57 Å². The molecule has 2 aliphatic heterocycles. The van der Waals surface area contributed by atoms with Crippen LogP contribution in [0.1, 0.15) is 36.8 Å². The Kier molecular flexibility index (Phi) is 3.68. The molecule has 3 aliphatic rings. The maximum Gasteiger partial charge on any atom is 0.00179 e. The molecule has 21 heavy (non-hydrogen) atoms. The maximum absolute atomic E-state index is 2.46. The number of allylic oxidation sites excluding steroid dienone is 3. The predicted octanol–water partition coefficient (Wildman–Crippen LogP) is 4.50. The van der Waals surface area contributed by atoms with E-state index in [-0.39, 0.29) is 0 Å². The Bertz CT molecular complexity index is 616. The van der Waals surface area contributed by atoms with Gasteiger partial charge in [0.15, 0.2) is 0 Å². The van der Waals surface area contributed by atoms with E-state index in [1.54, 1.807) is 32.8 Å². The highest BCUT2D eigenvalue weighted by molar-refractivity contribution is 8.03. The third kappa shape index (κ3) is 2.49. The van der Waals surface area contributed by atoms with Crippen LogP contribution in [-0.2, 0) is 6.42 Å². The van der Waals surface area contributed by atoms with E-state index < -0.39 is 0 Å². The van der Waals surface area contributed by atoms with Gasteiger partial charge in [0.05, 0.1) is 0 Å². The fourth-order valence-electron chi connectivity index (χ4n) is 3.93. The highest BCUT2D eigenvalue weighted by Gasteiger charge is 2.27. The van der Waals surface area contributed by atoms with Gasteiger partial charge in [0, 0.05) is 18.8 Å². The van der Waals surface area contributed by atoms with Gasteiger partial charge >= 0.3 is 0 Å². The van der Waals surface area contributed by atoms with Crippen molar-refractivity contribution >= 4 is 17.3 Å². The van der Waals surface area contributed by atoms with Gasteiger partial charge in [0.1, 0.15) is 0 Å². The van der Waals surface area contributed by atoms with Crippen molar-refractivity contribution in [2.45, 2.75) is 32.1 Å². The molecule has 0 radical (unpaired) electrons. The molecule has 110 valence electrons. The minimum absolute atomic E-state index is 1.22. The Labute approximate surface area is 132 Å². The summed E-state index contributed by atoms with van der Waals surface area (Å²) in [6, 6.07) is 9.15. The van der Waals surface area contributed by atoms with E-state index in [2.05, 4.69) is 48.0 Å². The Hall–Kier alpha value is -0.990. The molecule has 0 aromatic heterocycles. The molecule has 0 atom stereocenters. The van der Waals surface area contributed by atoms with Crippen molar-refractivity contribution in [1.29, 1.82) is 0 Å². The van der Waals surface area contributed by atoms with Crippen LogP contribution in [0.15, 0.2) is 40.3 Å². The number of hydrogen-bond donors (Lipinski definition) is 0. The monoisotopic (exact) mass is 297 g/mol. The molecule has 4 rings (SSSR count). The molecule has 0 unspecified atom stereocenters. The molecule has 0 amide bonds. The minimum Gasteiger partial charge on any atom is -0.306 e. The van der Waals surface area contributed by atoms with E-state index in [1.807, 2.05) is 0 Å². The topological polar surface area (TPSA) is 3.24 Å². The van der Waals surface area contributed by atoms with Crippen LogP contribution < -0.4 is 0 Å². The molecular weight excluding hydrogens is 274 g/mol. The molecule has 1 nitrogen and oxygen atoms in total. The number of rotatable bonds is 0. The number of aryl methyl sites for hydroxylation is 1. The fraction of sp³-hybridized carbons (Fsp3) is 0.474. The second-order valence-corrected chi connectivity index (χ2v) is 7.63. The molecule has 1 aromatic carbocycles. The Morgan fingerprint density at radius 1 is 0.952 bits per heavy atom. The number of fused-ring (bicyclic) bond motifs is 1. The maximum atomic E-state index is 2.46. The average molecular weight is 297 g/mol. The van der Waals surface area contributed by atoms with Crippen LogP contribution in [0.5, 0.6) is 0 Å². The summed E-state index contributed by atoms with van der Waals surface area (Å²) in [5.41, 5.74) is 8.18. The zero-order valence-corrected chi connectivity index (χ0v) is 13.6. The lowest BCUT2D eigenvalue weighted by atomic mass is 9.86. The summed E-state index contributed by atoms with van der Waals surface area (Å²) in [6.45, 7) is 2.44. The number of piperidine rings is 1. The van der Waals surface area contributed by atoms with Crippen LogP contribution in [0.2, 0.25) is 0 Å². The normalized spacial score (nSPS) is 23.1. The van der Waals surface area contributed by atoms with Crippen molar-refractivity contribution in [2.24, 2.45) is 0 Å². The molecule has 2 heteroatoms. The summed E-state index contributed by atoms with van der Waals surface area (Å²) in [7, 11) is 2.25. The highest BCUT2D eigenvalue weighted by atomic mass is 32.2. The van der Waals surface area contributed by atoms with E-state index in [4.69, 9.17) is 0 Å². The lowest BCUT2D eigenvalue weighted by molar-refractivity contribution is 0.313. The van der Waals surface area contributed by atoms with E-state index in [0.717, 1.165) is 0 Å².